The van der Waals surface area contributed by atoms with Gasteiger partial charge in [-0.15, -0.1) is 0 Å². The quantitative estimate of drug-likeness (QED) is 0.477. The van der Waals surface area contributed by atoms with Gasteiger partial charge < -0.3 is 4.42 Å². The van der Waals surface area contributed by atoms with E-state index in [4.69, 9.17) is 4.42 Å². The monoisotopic (exact) mass is 96.0 g/mol. The van der Waals surface area contributed by atoms with Crippen LogP contribution in [0.2, 0.25) is 0 Å². The first-order valence-electron chi connectivity index (χ1n) is 2.00. The van der Waals surface area contributed by atoms with Gasteiger partial charge in [-0.3, -0.25) is 0 Å². The Kier molecular flexibility index (Phi) is 0.941. The van der Waals surface area contributed by atoms with Gasteiger partial charge in [0.05, 0.1) is 12.3 Å². The minimum atomic E-state index is 0.694. The van der Waals surface area contributed by atoms with Gasteiger partial charge in [0.25, 0.3) is 0 Å². The second kappa shape index (κ2) is 1.60. The normalized spacial score (nSPS) is 8.57. The largest absolute Gasteiger partial charge is 0.413 e. The molecular weight excluding hydrogens is 90.1 g/mol. The van der Waals surface area contributed by atoms with Gasteiger partial charge in [0.1, 0.15) is 6.72 Å². The van der Waals surface area contributed by atoms with Crippen molar-refractivity contribution >= 4 is 12.6 Å². The first kappa shape index (κ1) is 4.12. The number of hydrogen-bond acceptors (Lipinski definition) is 1. The van der Waals surface area contributed by atoms with Crippen molar-refractivity contribution in [2.24, 2.45) is 0 Å². The second-order valence-corrected chi connectivity index (χ2v) is 1.15. The first-order valence-corrected chi connectivity index (χ1v) is 2.00. The summed E-state index contributed by atoms with van der Waals surface area (Å²) in [7, 11) is 0. The number of furan rings is 1. The highest BCUT2D eigenvalue weighted by Gasteiger charge is 1.89. The van der Waals surface area contributed by atoms with E-state index in [2.05, 4.69) is 11.7 Å². The van der Waals surface area contributed by atoms with E-state index in [0.29, 0.717) is 5.88 Å². The van der Waals surface area contributed by atoms with Gasteiger partial charge >= 0.3 is 5.88 Å². The van der Waals surface area contributed by atoms with Crippen LogP contribution in [0.4, 0.5) is 5.88 Å². The third-order valence-electron chi connectivity index (χ3n) is 0.695. The Hall–Kier alpha value is -1.05. The summed E-state index contributed by atoms with van der Waals surface area (Å²) in [5.74, 6) is 0.694. The van der Waals surface area contributed by atoms with Crippen LogP contribution in [-0.4, -0.2) is 6.72 Å². The van der Waals surface area contributed by atoms with Crippen molar-refractivity contribution in [3.8, 4) is 0 Å². The minimum absolute atomic E-state index is 0.694. The lowest BCUT2D eigenvalue weighted by Gasteiger charge is -1.65. The molecule has 0 unspecified atom stereocenters. The van der Waals surface area contributed by atoms with Crippen molar-refractivity contribution in [3.63, 3.8) is 0 Å². The Balaban J connectivity index is 2.96. The van der Waals surface area contributed by atoms with Crippen LogP contribution in [0.3, 0.4) is 0 Å². The zero-order valence-corrected chi connectivity index (χ0v) is 3.85. The molecule has 1 aromatic heterocycles. The summed E-state index contributed by atoms with van der Waals surface area (Å²) in [6.45, 7) is 3.38. The summed E-state index contributed by atoms with van der Waals surface area (Å²) >= 11 is 0. The van der Waals surface area contributed by atoms with E-state index >= 15 is 0 Å². The van der Waals surface area contributed by atoms with Crippen LogP contribution >= 0.6 is 0 Å². The summed E-state index contributed by atoms with van der Waals surface area (Å²) in [6.07, 6.45) is 1.59. The Bertz CT molecular complexity index is 143. The maximum absolute atomic E-state index is 4.81. The molecule has 0 amide bonds. The Morgan fingerprint density at radius 1 is 1.71 bits per heavy atom. The van der Waals surface area contributed by atoms with E-state index < -0.39 is 0 Å². The Labute approximate surface area is 41.5 Å². The van der Waals surface area contributed by atoms with Gasteiger partial charge in [-0.05, 0) is 6.07 Å². The van der Waals surface area contributed by atoms with Crippen molar-refractivity contribution in [2.45, 2.75) is 0 Å². The minimum Gasteiger partial charge on any atom is -0.413 e. The molecule has 2 heteroatoms. The summed E-state index contributed by atoms with van der Waals surface area (Å²) in [4.78, 5) is 2.59. The lowest BCUT2D eigenvalue weighted by atomic mass is 10.6. The van der Waals surface area contributed by atoms with Crippen molar-refractivity contribution in [3.05, 3.63) is 18.4 Å². The Morgan fingerprint density at radius 3 is 2.86 bits per heavy atom. The van der Waals surface area contributed by atoms with Crippen LogP contribution in [0, 0.1) is 0 Å². The SMILES string of the molecule is C=[NH+]c1ccco1. The van der Waals surface area contributed by atoms with Gasteiger partial charge in [-0.1, -0.05) is 0 Å². The van der Waals surface area contributed by atoms with Crippen LogP contribution in [0.15, 0.2) is 22.8 Å². The van der Waals surface area contributed by atoms with Gasteiger partial charge in [0.15, 0.2) is 0 Å². The number of nitrogens with one attached hydrogen (secondary N) is 1. The fourth-order valence-corrected chi connectivity index (χ4v) is 0.379. The van der Waals surface area contributed by atoms with E-state index in [1.54, 1.807) is 18.4 Å². The van der Waals surface area contributed by atoms with E-state index in [1.807, 2.05) is 0 Å². The molecule has 0 aliphatic carbocycles. The lowest BCUT2D eigenvalue weighted by Crippen LogP contribution is -2.57. The maximum atomic E-state index is 4.81. The van der Waals surface area contributed by atoms with Gasteiger partial charge in [-0.25, -0.2) is 0 Å². The summed E-state index contributed by atoms with van der Waals surface area (Å²) < 4.78 is 4.81. The standard InChI is InChI=1S/C5H5NO/c1-6-5-3-2-4-7-5/h2-4H,1H2/p+1. The van der Waals surface area contributed by atoms with E-state index in [0.717, 1.165) is 0 Å². The summed E-state index contributed by atoms with van der Waals surface area (Å²) in [5.41, 5.74) is 0. The predicted molar refractivity (Wildman–Crippen MR) is 26.5 cm³/mol. The first-order chi connectivity index (χ1) is 3.43. The van der Waals surface area contributed by atoms with E-state index in [1.165, 1.54) is 0 Å². The van der Waals surface area contributed by atoms with Crippen molar-refractivity contribution < 1.29 is 9.41 Å². The number of hydrogen-bond donors (Lipinski definition) is 1. The molecule has 0 spiro atoms. The van der Waals surface area contributed by atoms with Crippen molar-refractivity contribution in [2.75, 3.05) is 0 Å². The molecule has 0 saturated heterocycles. The molecule has 7 heavy (non-hydrogen) atoms. The molecule has 0 atom stereocenters. The molecular formula is C5H6NO+. The zero-order chi connectivity index (χ0) is 5.11. The fourth-order valence-electron chi connectivity index (χ4n) is 0.379. The van der Waals surface area contributed by atoms with Gasteiger partial charge in [0.2, 0.25) is 0 Å². The molecule has 2 nitrogen and oxygen atoms in total. The molecule has 1 heterocycles. The predicted octanol–water partition coefficient (Wildman–Crippen LogP) is -0.308. The topological polar surface area (TPSA) is 27.1 Å². The second-order valence-electron chi connectivity index (χ2n) is 1.15. The molecule has 36 valence electrons. The maximum Gasteiger partial charge on any atom is 0.370 e. The average Bonchev–Trinajstić information content (AvgIpc) is 2.14. The van der Waals surface area contributed by atoms with E-state index in [9.17, 15) is 0 Å². The molecule has 0 aliphatic heterocycles. The highest BCUT2D eigenvalue weighted by molar-refractivity contribution is 5.19. The van der Waals surface area contributed by atoms with Crippen LogP contribution in [0.1, 0.15) is 0 Å². The van der Waals surface area contributed by atoms with Gasteiger partial charge in [-0.2, -0.15) is 4.99 Å². The third kappa shape index (κ3) is 0.682. The molecule has 1 aromatic rings. The van der Waals surface area contributed by atoms with E-state index in [-0.39, 0.29) is 0 Å². The van der Waals surface area contributed by atoms with Crippen molar-refractivity contribution in [1.82, 2.24) is 0 Å². The molecule has 0 bridgehead atoms. The highest BCUT2D eigenvalue weighted by Crippen LogP contribution is 1.95. The lowest BCUT2D eigenvalue weighted by molar-refractivity contribution is -0.362. The summed E-state index contributed by atoms with van der Waals surface area (Å²) in [6, 6.07) is 3.60. The molecule has 0 saturated carbocycles. The molecule has 0 aromatic carbocycles. The average molecular weight is 96.1 g/mol. The highest BCUT2D eigenvalue weighted by atomic mass is 16.3. The van der Waals surface area contributed by atoms with Gasteiger partial charge in [0, 0.05) is 0 Å². The fraction of sp³-hybridized carbons (Fsp3) is 0. The Morgan fingerprint density at radius 2 is 2.57 bits per heavy atom. The summed E-state index contributed by atoms with van der Waals surface area (Å²) in [5, 5.41) is 0. The van der Waals surface area contributed by atoms with Crippen LogP contribution in [-0.2, 0) is 0 Å². The molecule has 0 radical (unpaired) electrons. The third-order valence-corrected chi connectivity index (χ3v) is 0.695. The zero-order valence-electron chi connectivity index (χ0n) is 3.85. The molecule has 0 aliphatic rings. The smallest absolute Gasteiger partial charge is 0.370 e. The molecule has 0 fully saturated rings. The number of rotatable bonds is 1. The van der Waals surface area contributed by atoms with Crippen LogP contribution < -0.4 is 4.99 Å². The molecule has 1 N–H and O–H groups in total. The van der Waals surface area contributed by atoms with Crippen molar-refractivity contribution in [1.29, 1.82) is 0 Å². The molecule has 1 rings (SSSR count). The van der Waals surface area contributed by atoms with Crippen LogP contribution in [0.5, 0.6) is 0 Å². The van der Waals surface area contributed by atoms with Crippen LogP contribution in [0.25, 0.3) is 0 Å².